The number of hydrogen-bond donors (Lipinski definition) is 0. The summed E-state index contributed by atoms with van der Waals surface area (Å²) in [5.74, 6) is 0.210. The second-order valence-corrected chi connectivity index (χ2v) is 9.24. The minimum atomic E-state index is -0.992. The molecule has 0 N–H and O–H groups in total. The molecule has 33 heavy (non-hydrogen) atoms. The average molecular weight is 450 g/mol. The van der Waals surface area contributed by atoms with Crippen LogP contribution < -0.4 is 9.80 Å². The first-order valence-electron chi connectivity index (χ1n) is 11.4. The van der Waals surface area contributed by atoms with Crippen molar-refractivity contribution in [1.82, 2.24) is 10.1 Å². The standard InChI is InChI=1S/C23H23FN6O3/c1-23(9-4-10-32-23)30-18-14(11-25)15(24)7-8-16(18)29-12-26-17(19(29)22(30)31)21-27-20(28-33-21)13-5-2-3-6-13/h7-8,12-13,17,19H,2-6,9-10H2,1H3. The van der Waals surface area contributed by atoms with Crippen molar-refractivity contribution in [1.29, 1.82) is 5.26 Å². The van der Waals surface area contributed by atoms with Gasteiger partial charge < -0.3 is 14.2 Å². The van der Waals surface area contributed by atoms with Crippen molar-refractivity contribution in [2.75, 3.05) is 16.4 Å². The molecule has 170 valence electrons. The number of aliphatic imine (C=N–C) groups is 1. The molecule has 6 rings (SSSR count). The summed E-state index contributed by atoms with van der Waals surface area (Å²) in [4.78, 5) is 26.3. The normalized spacial score (nSPS) is 28.9. The van der Waals surface area contributed by atoms with Crippen molar-refractivity contribution in [3.63, 3.8) is 0 Å². The fourth-order valence-corrected chi connectivity index (χ4v) is 5.58. The van der Waals surface area contributed by atoms with E-state index in [2.05, 4.69) is 15.1 Å². The average Bonchev–Trinajstić information content (AvgIpc) is 3.59. The van der Waals surface area contributed by atoms with E-state index >= 15 is 0 Å². The van der Waals surface area contributed by atoms with E-state index in [-0.39, 0.29) is 29.0 Å². The third-order valence-electron chi connectivity index (χ3n) is 7.24. The van der Waals surface area contributed by atoms with Crippen LogP contribution in [0.4, 0.5) is 15.8 Å². The monoisotopic (exact) mass is 450 g/mol. The minimum absolute atomic E-state index is 0.186. The van der Waals surface area contributed by atoms with E-state index in [0.29, 0.717) is 24.5 Å². The van der Waals surface area contributed by atoms with Gasteiger partial charge in [0.1, 0.15) is 29.2 Å². The number of ether oxygens (including phenoxy) is 1. The maximum Gasteiger partial charge on any atom is 0.255 e. The molecule has 0 radical (unpaired) electrons. The predicted molar refractivity (Wildman–Crippen MR) is 115 cm³/mol. The van der Waals surface area contributed by atoms with E-state index in [1.54, 1.807) is 24.2 Å². The highest BCUT2D eigenvalue weighted by molar-refractivity contribution is 6.13. The number of anilines is 2. The van der Waals surface area contributed by atoms with Crippen LogP contribution in [0.5, 0.6) is 0 Å². The SMILES string of the molecule is CC1(N2C(=O)C3C(c4nc(C5CCCC5)no4)N=CN3c3ccc(F)c(C#N)c32)CCCO1. The molecule has 4 aliphatic rings. The fraction of sp³-hybridized carbons (Fsp3) is 0.522. The number of hydrogen-bond acceptors (Lipinski definition) is 8. The molecule has 1 saturated heterocycles. The minimum Gasteiger partial charge on any atom is -0.355 e. The Morgan fingerprint density at radius 1 is 1.27 bits per heavy atom. The van der Waals surface area contributed by atoms with Crippen LogP contribution in [0.25, 0.3) is 0 Å². The summed E-state index contributed by atoms with van der Waals surface area (Å²) in [6.45, 7) is 2.29. The number of benzene rings is 1. The predicted octanol–water partition coefficient (Wildman–Crippen LogP) is 3.57. The third-order valence-corrected chi connectivity index (χ3v) is 7.24. The van der Waals surface area contributed by atoms with Gasteiger partial charge >= 0.3 is 0 Å². The number of amides is 1. The van der Waals surface area contributed by atoms with Gasteiger partial charge in [-0.25, -0.2) is 4.39 Å². The van der Waals surface area contributed by atoms with Crippen LogP contribution in [-0.2, 0) is 9.53 Å². The molecule has 1 aromatic heterocycles. The number of carbonyl (C=O) groups is 1. The van der Waals surface area contributed by atoms with Crippen molar-refractivity contribution >= 4 is 23.6 Å². The maximum atomic E-state index is 14.6. The van der Waals surface area contributed by atoms with E-state index in [0.717, 1.165) is 32.1 Å². The van der Waals surface area contributed by atoms with Gasteiger partial charge in [-0.2, -0.15) is 10.2 Å². The van der Waals surface area contributed by atoms with Crippen LogP contribution in [0.1, 0.15) is 74.7 Å². The lowest BCUT2D eigenvalue weighted by molar-refractivity contribution is -0.125. The lowest BCUT2D eigenvalue weighted by Gasteiger charge is -2.46. The van der Waals surface area contributed by atoms with Crippen molar-refractivity contribution in [2.24, 2.45) is 4.99 Å². The Balaban J connectivity index is 1.45. The van der Waals surface area contributed by atoms with E-state index in [1.165, 1.54) is 11.0 Å². The maximum absolute atomic E-state index is 14.6. The molecular formula is C23H23FN6O3. The number of fused-ring (bicyclic) bond motifs is 3. The van der Waals surface area contributed by atoms with Crippen molar-refractivity contribution < 1.29 is 18.4 Å². The number of rotatable bonds is 3. The van der Waals surface area contributed by atoms with Gasteiger partial charge in [0.15, 0.2) is 11.9 Å². The Kier molecular flexibility index (Phi) is 4.52. The number of aromatic nitrogens is 2. The second-order valence-electron chi connectivity index (χ2n) is 9.24. The first-order chi connectivity index (χ1) is 16.0. The molecule has 1 aliphatic carbocycles. The molecule has 10 heteroatoms. The quantitative estimate of drug-likeness (QED) is 0.703. The molecule has 9 nitrogen and oxygen atoms in total. The van der Waals surface area contributed by atoms with Crippen LogP contribution >= 0.6 is 0 Å². The van der Waals surface area contributed by atoms with Gasteiger partial charge in [0.2, 0.25) is 0 Å². The summed E-state index contributed by atoms with van der Waals surface area (Å²) >= 11 is 0. The molecular weight excluding hydrogens is 427 g/mol. The number of halogens is 1. The summed E-state index contributed by atoms with van der Waals surface area (Å²) in [6.07, 6.45) is 7.22. The number of nitrogens with zero attached hydrogens (tertiary/aromatic N) is 6. The molecule has 3 unspecified atom stereocenters. The molecule has 3 aliphatic heterocycles. The fourth-order valence-electron chi connectivity index (χ4n) is 5.58. The summed E-state index contributed by atoms with van der Waals surface area (Å²) in [7, 11) is 0. The highest BCUT2D eigenvalue weighted by atomic mass is 19.1. The van der Waals surface area contributed by atoms with Gasteiger partial charge in [0, 0.05) is 12.5 Å². The van der Waals surface area contributed by atoms with Gasteiger partial charge in [-0.15, -0.1) is 0 Å². The van der Waals surface area contributed by atoms with Gasteiger partial charge in [-0.1, -0.05) is 18.0 Å². The highest BCUT2D eigenvalue weighted by Crippen LogP contribution is 2.49. The third kappa shape index (κ3) is 2.92. The van der Waals surface area contributed by atoms with Crippen LogP contribution in [0.3, 0.4) is 0 Å². The molecule has 1 aromatic carbocycles. The lowest BCUT2D eigenvalue weighted by atomic mass is 9.95. The molecule has 1 saturated carbocycles. The van der Waals surface area contributed by atoms with Crippen LogP contribution in [0.15, 0.2) is 21.6 Å². The first kappa shape index (κ1) is 20.3. The Hall–Kier alpha value is -3.32. The largest absolute Gasteiger partial charge is 0.355 e. The molecule has 1 amide bonds. The molecule has 0 bridgehead atoms. The second kappa shape index (κ2) is 7.35. The topological polar surface area (TPSA) is 108 Å². The summed E-state index contributed by atoms with van der Waals surface area (Å²) < 4.78 is 26.2. The summed E-state index contributed by atoms with van der Waals surface area (Å²) in [5.41, 5.74) is -0.438. The first-order valence-corrected chi connectivity index (χ1v) is 11.4. The Morgan fingerprint density at radius 3 is 2.82 bits per heavy atom. The van der Waals surface area contributed by atoms with Crippen LogP contribution in [0, 0.1) is 17.1 Å². The zero-order valence-corrected chi connectivity index (χ0v) is 18.2. The van der Waals surface area contributed by atoms with Gasteiger partial charge in [-0.05, 0) is 44.7 Å². The van der Waals surface area contributed by atoms with Crippen molar-refractivity contribution in [2.45, 2.75) is 69.2 Å². The molecule has 2 aromatic rings. The molecule has 4 heterocycles. The van der Waals surface area contributed by atoms with Crippen LogP contribution in [0.2, 0.25) is 0 Å². The zero-order chi connectivity index (χ0) is 22.7. The number of carbonyl (C=O) groups excluding carboxylic acids is 1. The van der Waals surface area contributed by atoms with Gasteiger partial charge in [0.25, 0.3) is 11.8 Å². The smallest absolute Gasteiger partial charge is 0.255 e. The Labute approximate surface area is 189 Å². The lowest BCUT2D eigenvalue weighted by Crippen LogP contribution is -2.60. The Bertz CT molecular complexity index is 1190. The van der Waals surface area contributed by atoms with Crippen molar-refractivity contribution in [3.05, 3.63) is 35.2 Å². The van der Waals surface area contributed by atoms with Crippen LogP contribution in [-0.4, -0.2) is 40.8 Å². The molecule has 0 spiro atoms. The summed E-state index contributed by atoms with van der Waals surface area (Å²) in [5, 5.41) is 13.9. The summed E-state index contributed by atoms with van der Waals surface area (Å²) in [6, 6.07) is 3.27. The zero-order valence-electron chi connectivity index (χ0n) is 18.2. The van der Waals surface area contributed by atoms with Crippen molar-refractivity contribution in [3.8, 4) is 6.07 Å². The van der Waals surface area contributed by atoms with E-state index in [1.807, 2.05) is 6.07 Å². The van der Waals surface area contributed by atoms with E-state index in [4.69, 9.17) is 9.26 Å². The van der Waals surface area contributed by atoms with E-state index < -0.39 is 23.6 Å². The van der Waals surface area contributed by atoms with Gasteiger partial charge in [0.05, 0.1) is 17.7 Å². The van der Waals surface area contributed by atoms with Gasteiger partial charge in [-0.3, -0.25) is 14.7 Å². The number of nitriles is 1. The van der Waals surface area contributed by atoms with E-state index in [9.17, 15) is 14.4 Å². The Morgan fingerprint density at radius 2 is 2.09 bits per heavy atom. The highest BCUT2D eigenvalue weighted by Gasteiger charge is 2.54. The molecule has 3 atom stereocenters. The molecule has 2 fully saturated rings.